The van der Waals surface area contributed by atoms with Crippen molar-refractivity contribution in [3.05, 3.63) is 34.9 Å². The summed E-state index contributed by atoms with van der Waals surface area (Å²) in [6.45, 7) is 4.10. The van der Waals surface area contributed by atoms with Gasteiger partial charge >= 0.3 is 0 Å². The van der Waals surface area contributed by atoms with E-state index < -0.39 is 0 Å². The topological polar surface area (TPSA) is 62.1 Å². The third-order valence-electron chi connectivity index (χ3n) is 4.52. The van der Waals surface area contributed by atoms with E-state index >= 15 is 0 Å². The standard InChI is InChI=1S/C19H24N2O2/c1-13-6-4-5-7-17(13)21-19(22)16(12-20)11-15-8-9-18(23-3)14(2)10-15/h8-11,13,17H,4-7H2,1-3H3,(H,21,22)/b16-11+/t13-,17+/m0/s1. The zero-order valence-electron chi connectivity index (χ0n) is 14.1. The van der Waals surface area contributed by atoms with Crippen LogP contribution in [0.1, 0.15) is 43.7 Å². The molecule has 0 radical (unpaired) electrons. The van der Waals surface area contributed by atoms with Crippen LogP contribution >= 0.6 is 0 Å². The minimum absolute atomic E-state index is 0.146. The van der Waals surface area contributed by atoms with Crippen LogP contribution in [-0.2, 0) is 4.79 Å². The third kappa shape index (κ3) is 4.35. The molecule has 4 heteroatoms. The van der Waals surface area contributed by atoms with Crippen LogP contribution in [0.5, 0.6) is 5.75 Å². The van der Waals surface area contributed by atoms with E-state index in [2.05, 4.69) is 12.2 Å². The second-order valence-corrected chi connectivity index (χ2v) is 6.24. The second-order valence-electron chi connectivity index (χ2n) is 6.24. The normalized spacial score (nSPS) is 21.4. The van der Waals surface area contributed by atoms with Crippen molar-refractivity contribution >= 4 is 12.0 Å². The van der Waals surface area contributed by atoms with Crippen molar-refractivity contribution in [2.24, 2.45) is 5.92 Å². The Morgan fingerprint density at radius 3 is 2.74 bits per heavy atom. The Hall–Kier alpha value is -2.28. The van der Waals surface area contributed by atoms with Crippen molar-refractivity contribution in [3.63, 3.8) is 0 Å². The molecule has 0 aliphatic heterocycles. The summed E-state index contributed by atoms with van der Waals surface area (Å²) in [4.78, 5) is 12.4. The second kappa shape index (κ2) is 7.82. The zero-order chi connectivity index (χ0) is 16.8. The van der Waals surface area contributed by atoms with Crippen LogP contribution in [0.4, 0.5) is 0 Å². The Kier molecular flexibility index (Phi) is 5.81. The average molecular weight is 312 g/mol. The Morgan fingerprint density at radius 2 is 2.13 bits per heavy atom. The van der Waals surface area contributed by atoms with E-state index in [1.165, 1.54) is 6.42 Å². The SMILES string of the molecule is COc1ccc(/C=C(\C#N)C(=O)N[C@@H]2CCCC[C@@H]2C)cc1C. The van der Waals surface area contributed by atoms with Gasteiger partial charge < -0.3 is 10.1 Å². The average Bonchev–Trinajstić information content (AvgIpc) is 2.54. The summed E-state index contributed by atoms with van der Waals surface area (Å²) < 4.78 is 5.23. The molecule has 1 N–H and O–H groups in total. The highest BCUT2D eigenvalue weighted by atomic mass is 16.5. The molecule has 0 saturated heterocycles. The lowest BCUT2D eigenvalue weighted by atomic mass is 9.86. The first-order valence-corrected chi connectivity index (χ1v) is 8.12. The van der Waals surface area contributed by atoms with E-state index in [0.29, 0.717) is 5.92 Å². The van der Waals surface area contributed by atoms with Gasteiger partial charge in [-0.15, -0.1) is 0 Å². The maximum absolute atomic E-state index is 12.4. The van der Waals surface area contributed by atoms with Crippen LogP contribution in [0.2, 0.25) is 0 Å². The first kappa shape index (κ1) is 17.1. The van der Waals surface area contributed by atoms with E-state index in [-0.39, 0.29) is 17.5 Å². The molecule has 0 aromatic heterocycles. The number of ether oxygens (including phenoxy) is 1. The predicted molar refractivity (Wildman–Crippen MR) is 90.9 cm³/mol. The third-order valence-corrected chi connectivity index (χ3v) is 4.52. The van der Waals surface area contributed by atoms with E-state index in [1.54, 1.807) is 13.2 Å². The molecule has 1 aromatic rings. The van der Waals surface area contributed by atoms with Gasteiger partial charge in [-0.1, -0.05) is 25.8 Å². The van der Waals surface area contributed by atoms with Gasteiger partial charge in [-0.25, -0.2) is 0 Å². The molecule has 0 bridgehead atoms. The number of amides is 1. The molecule has 23 heavy (non-hydrogen) atoms. The number of nitrogens with one attached hydrogen (secondary N) is 1. The van der Waals surface area contributed by atoms with Crippen LogP contribution in [0.25, 0.3) is 6.08 Å². The molecule has 1 amide bonds. The Labute approximate surface area is 138 Å². The molecule has 4 nitrogen and oxygen atoms in total. The molecule has 1 saturated carbocycles. The van der Waals surface area contributed by atoms with Gasteiger partial charge in [0.25, 0.3) is 5.91 Å². The highest BCUT2D eigenvalue weighted by Crippen LogP contribution is 2.24. The van der Waals surface area contributed by atoms with Crippen LogP contribution in [0, 0.1) is 24.2 Å². The lowest BCUT2D eigenvalue weighted by Crippen LogP contribution is -2.41. The predicted octanol–water partition coefficient (Wildman–Crippen LogP) is 3.61. The van der Waals surface area contributed by atoms with E-state index in [4.69, 9.17) is 4.74 Å². The Balaban J connectivity index is 2.13. The molecule has 2 rings (SSSR count). The molecular formula is C19H24N2O2. The molecule has 122 valence electrons. The summed E-state index contributed by atoms with van der Waals surface area (Å²) in [6, 6.07) is 7.79. The van der Waals surface area contributed by atoms with E-state index in [0.717, 1.165) is 36.1 Å². The summed E-state index contributed by atoms with van der Waals surface area (Å²) in [7, 11) is 1.62. The molecule has 1 aliphatic rings. The molecule has 1 aliphatic carbocycles. The molecule has 1 fully saturated rings. The molecule has 2 atom stereocenters. The minimum Gasteiger partial charge on any atom is -0.496 e. The van der Waals surface area contributed by atoms with Crippen LogP contribution in [0.3, 0.4) is 0 Å². The minimum atomic E-state index is -0.278. The van der Waals surface area contributed by atoms with Gasteiger partial charge in [0, 0.05) is 6.04 Å². The van der Waals surface area contributed by atoms with E-state index in [9.17, 15) is 10.1 Å². The first-order valence-electron chi connectivity index (χ1n) is 8.12. The summed E-state index contributed by atoms with van der Waals surface area (Å²) in [5.74, 6) is 0.983. The van der Waals surface area contributed by atoms with Crippen LogP contribution < -0.4 is 10.1 Å². The largest absolute Gasteiger partial charge is 0.496 e. The Bertz CT molecular complexity index is 643. The number of hydrogen-bond acceptors (Lipinski definition) is 3. The fourth-order valence-corrected chi connectivity index (χ4v) is 3.08. The number of benzene rings is 1. The lowest BCUT2D eigenvalue weighted by Gasteiger charge is -2.29. The first-order chi connectivity index (χ1) is 11.0. The highest BCUT2D eigenvalue weighted by Gasteiger charge is 2.24. The number of carbonyl (C=O) groups is 1. The number of carbonyl (C=O) groups excluding carboxylic acids is 1. The quantitative estimate of drug-likeness (QED) is 0.682. The van der Waals surface area contributed by atoms with Crippen LogP contribution in [0.15, 0.2) is 23.8 Å². The van der Waals surface area contributed by atoms with Crippen molar-refractivity contribution < 1.29 is 9.53 Å². The van der Waals surface area contributed by atoms with Crippen molar-refractivity contribution in [3.8, 4) is 11.8 Å². The summed E-state index contributed by atoms with van der Waals surface area (Å²) in [5.41, 5.74) is 1.94. The van der Waals surface area contributed by atoms with Gasteiger partial charge in [-0.2, -0.15) is 5.26 Å². The molecule has 0 spiro atoms. The molecule has 0 unspecified atom stereocenters. The van der Waals surface area contributed by atoms with E-state index in [1.807, 2.05) is 31.2 Å². The maximum Gasteiger partial charge on any atom is 0.262 e. The lowest BCUT2D eigenvalue weighted by molar-refractivity contribution is -0.118. The van der Waals surface area contributed by atoms with Gasteiger partial charge in [-0.05, 0) is 55.0 Å². The fourth-order valence-electron chi connectivity index (χ4n) is 3.08. The van der Waals surface area contributed by atoms with Crippen molar-refractivity contribution in [1.82, 2.24) is 5.32 Å². The summed E-state index contributed by atoms with van der Waals surface area (Å²) in [6.07, 6.45) is 6.12. The van der Waals surface area contributed by atoms with Gasteiger partial charge in [0.2, 0.25) is 0 Å². The monoisotopic (exact) mass is 312 g/mol. The molecule has 0 heterocycles. The zero-order valence-corrected chi connectivity index (χ0v) is 14.1. The number of aryl methyl sites for hydroxylation is 1. The fraction of sp³-hybridized carbons (Fsp3) is 0.474. The van der Waals surface area contributed by atoms with Crippen molar-refractivity contribution in [1.29, 1.82) is 5.26 Å². The summed E-state index contributed by atoms with van der Waals surface area (Å²) >= 11 is 0. The molecule has 1 aromatic carbocycles. The Morgan fingerprint density at radius 1 is 1.39 bits per heavy atom. The van der Waals surface area contributed by atoms with Gasteiger partial charge in [0.15, 0.2) is 0 Å². The van der Waals surface area contributed by atoms with Gasteiger partial charge in [0.1, 0.15) is 17.4 Å². The maximum atomic E-state index is 12.4. The number of methoxy groups -OCH3 is 1. The van der Waals surface area contributed by atoms with Crippen LogP contribution in [-0.4, -0.2) is 19.1 Å². The van der Waals surface area contributed by atoms with Gasteiger partial charge in [-0.3, -0.25) is 4.79 Å². The summed E-state index contributed by atoms with van der Waals surface area (Å²) in [5, 5.41) is 12.3. The smallest absolute Gasteiger partial charge is 0.262 e. The highest BCUT2D eigenvalue weighted by molar-refractivity contribution is 6.01. The van der Waals surface area contributed by atoms with Crippen molar-refractivity contribution in [2.75, 3.05) is 7.11 Å². The number of nitrogens with zero attached hydrogens (tertiary/aromatic N) is 1. The number of rotatable bonds is 4. The number of nitriles is 1. The van der Waals surface area contributed by atoms with Crippen molar-refractivity contribution in [2.45, 2.75) is 45.6 Å². The number of hydrogen-bond donors (Lipinski definition) is 1. The molecular weight excluding hydrogens is 288 g/mol. The van der Waals surface area contributed by atoms with Gasteiger partial charge in [0.05, 0.1) is 7.11 Å².